The molecular formula is C23H20Cl2N2O2. The van der Waals surface area contributed by atoms with Crippen molar-refractivity contribution in [1.82, 2.24) is 0 Å². The van der Waals surface area contributed by atoms with Crippen molar-refractivity contribution in [2.24, 2.45) is 4.99 Å². The normalized spacial score (nSPS) is 10.9. The summed E-state index contributed by atoms with van der Waals surface area (Å²) in [6.45, 7) is 3.71. The number of carbonyl (C=O) groups excluding carboxylic acids is 1. The Labute approximate surface area is 180 Å². The summed E-state index contributed by atoms with van der Waals surface area (Å²) in [4.78, 5) is 16.7. The van der Waals surface area contributed by atoms with Crippen molar-refractivity contribution in [1.29, 1.82) is 0 Å². The molecule has 0 saturated heterocycles. The first-order chi connectivity index (χ1) is 13.9. The highest BCUT2D eigenvalue weighted by Gasteiger charge is 2.07. The van der Waals surface area contributed by atoms with Gasteiger partial charge in [0.25, 0.3) is 5.91 Å². The summed E-state index contributed by atoms with van der Waals surface area (Å²) in [5.74, 6) is 0.286. The highest BCUT2D eigenvalue weighted by Crippen LogP contribution is 2.23. The van der Waals surface area contributed by atoms with Crippen molar-refractivity contribution in [3.8, 4) is 5.75 Å². The summed E-state index contributed by atoms with van der Waals surface area (Å²) in [7, 11) is 0. The number of hydrogen-bond donors (Lipinski definition) is 1. The molecule has 6 heteroatoms. The van der Waals surface area contributed by atoms with Crippen LogP contribution in [0.4, 0.5) is 11.4 Å². The number of carbonyl (C=O) groups is 1. The Hall–Kier alpha value is -2.82. The molecule has 0 unspecified atom stereocenters. The molecule has 3 aromatic rings. The number of amides is 1. The summed E-state index contributed by atoms with van der Waals surface area (Å²) < 4.78 is 5.69. The molecule has 3 rings (SSSR count). The SMILES string of the molecule is Cc1ccc(N=Cc2ccccc2OCC(=O)Nc2ccc(C)c(Cl)c2)cc1Cl. The lowest BCUT2D eigenvalue weighted by Gasteiger charge is -2.10. The number of aliphatic imine (C=N–C) groups is 1. The van der Waals surface area contributed by atoms with Gasteiger partial charge in [0.1, 0.15) is 5.75 Å². The minimum atomic E-state index is -0.276. The Morgan fingerprint density at radius 3 is 2.41 bits per heavy atom. The van der Waals surface area contributed by atoms with Crippen LogP contribution >= 0.6 is 23.2 Å². The molecule has 0 radical (unpaired) electrons. The first kappa shape index (κ1) is 20.9. The van der Waals surface area contributed by atoms with Gasteiger partial charge in [0.2, 0.25) is 0 Å². The Morgan fingerprint density at radius 1 is 1.00 bits per heavy atom. The van der Waals surface area contributed by atoms with E-state index >= 15 is 0 Å². The van der Waals surface area contributed by atoms with Gasteiger partial charge in [0.15, 0.2) is 6.61 Å². The summed E-state index contributed by atoms with van der Waals surface area (Å²) in [6.07, 6.45) is 1.69. The second kappa shape index (κ2) is 9.59. The highest BCUT2D eigenvalue weighted by molar-refractivity contribution is 6.32. The topological polar surface area (TPSA) is 50.7 Å². The molecule has 0 aliphatic heterocycles. The van der Waals surface area contributed by atoms with Crippen LogP contribution in [-0.2, 0) is 4.79 Å². The van der Waals surface area contributed by atoms with E-state index in [1.165, 1.54) is 0 Å². The van der Waals surface area contributed by atoms with Crippen LogP contribution in [0.5, 0.6) is 5.75 Å². The van der Waals surface area contributed by atoms with E-state index in [1.807, 2.05) is 50.2 Å². The zero-order chi connectivity index (χ0) is 20.8. The quantitative estimate of drug-likeness (QED) is 0.464. The van der Waals surface area contributed by atoms with Crippen molar-refractivity contribution in [3.63, 3.8) is 0 Å². The van der Waals surface area contributed by atoms with Gasteiger partial charge in [-0.1, -0.05) is 47.5 Å². The molecule has 1 N–H and O–H groups in total. The van der Waals surface area contributed by atoms with E-state index < -0.39 is 0 Å². The van der Waals surface area contributed by atoms with E-state index in [9.17, 15) is 4.79 Å². The number of hydrogen-bond acceptors (Lipinski definition) is 3. The van der Waals surface area contributed by atoms with E-state index in [0.717, 1.165) is 22.4 Å². The maximum absolute atomic E-state index is 12.2. The van der Waals surface area contributed by atoms with Crippen LogP contribution in [0.15, 0.2) is 65.7 Å². The molecule has 3 aromatic carbocycles. The molecule has 0 heterocycles. The van der Waals surface area contributed by atoms with Crippen molar-refractivity contribution in [2.45, 2.75) is 13.8 Å². The minimum absolute atomic E-state index is 0.132. The van der Waals surface area contributed by atoms with Gasteiger partial charge in [-0.25, -0.2) is 0 Å². The minimum Gasteiger partial charge on any atom is -0.483 e. The molecule has 0 aromatic heterocycles. The van der Waals surface area contributed by atoms with Gasteiger partial charge in [0, 0.05) is 27.5 Å². The molecular weight excluding hydrogens is 407 g/mol. The lowest BCUT2D eigenvalue weighted by atomic mass is 10.2. The third-order valence-electron chi connectivity index (χ3n) is 4.24. The van der Waals surface area contributed by atoms with Gasteiger partial charge in [-0.2, -0.15) is 0 Å². The maximum atomic E-state index is 12.2. The molecule has 0 bridgehead atoms. The summed E-state index contributed by atoms with van der Waals surface area (Å²) in [5, 5.41) is 4.03. The standard InChI is InChI=1S/C23H20Cl2N2O2/c1-15-7-9-18(11-20(15)24)26-13-17-5-3-4-6-22(17)29-14-23(28)27-19-10-8-16(2)21(25)12-19/h3-13H,14H2,1-2H3,(H,27,28). The number of nitrogens with zero attached hydrogens (tertiary/aromatic N) is 1. The molecule has 0 aliphatic rings. The van der Waals surface area contributed by atoms with E-state index in [0.29, 0.717) is 21.5 Å². The van der Waals surface area contributed by atoms with Gasteiger partial charge in [0.05, 0.1) is 5.69 Å². The van der Waals surface area contributed by atoms with Gasteiger partial charge in [-0.05, 0) is 61.4 Å². The second-order valence-corrected chi connectivity index (χ2v) is 7.34. The number of halogens is 2. The van der Waals surface area contributed by atoms with Crippen LogP contribution in [0, 0.1) is 13.8 Å². The fraction of sp³-hybridized carbons (Fsp3) is 0.130. The van der Waals surface area contributed by atoms with Crippen LogP contribution in [0.2, 0.25) is 10.0 Å². The summed E-state index contributed by atoms with van der Waals surface area (Å²) in [5.41, 5.74) is 4.07. The first-order valence-corrected chi connectivity index (χ1v) is 9.76. The van der Waals surface area contributed by atoms with Crippen molar-refractivity contribution in [3.05, 3.63) is 87.4 Å². The third kappa shape index (κ3) is 5.83. The van der Waals surface area contributed by atoms with Crippen LogP contribution in [0.25, 0.3) is 0 Å². The lowest BCUT2D eigenvalue weighted by molar-refractivity contribution is -0.118. The van der Waals surface area contributed by atoms with Crippen LogP contribution in [-0.4, -0.2) is 18.7 Å². The smallest absolute Gasteiger partial charge is 0.262 e. The number of ether oxygens (including phenoxy) is 1. The Morgan fingerprint density at radius 2 is 1.69 bits per heavy atom. The van der Waals surface area contributed by atoms with E-state index in [2.05, 4.69) is 10.3 Å². The number of nitrogens with one attached hydrogen (secondary N) is 1. The van der Waals surface area contributed by atoms with E-state index in [-0.39, 0.29) is 12.5 Å². The number of rotatable bonds is 6. The maximum Gasteiger partial charge on any atom is 0.262 e. The number of benzene rings is 3. The van der Waals surface area contributed by atoms with Crippen LogP contribution in [0.1, 0.15) is 16.7 Å². The number of anilines is 1. The average molecular weight is 427 g/mol. The Kier molecular flexibility index (Phi) is 6.91. The Bertz CT molecular complexity index is 1060. The molecule has 29 heavy (non-hydrogen) atoms. The second-order valence-electron chi connectivity index (χ2n) is 6.53. The van der Waals surface area contributed by atoms with Crippen molar-refractivity contribution in [2.75, 3.05) is 11.9 Å². The molecule has 0 atom stereocenters. The average Bonchev–Trinajstić information content (AvgIpc) is 2.70. The van der Waals surface area contributed by atoms with Crippen molar-refractivity contribution < 1.29 is 9.53 Å². The van der Waals surface area contributed by atoms with Crippen LogP contribution in [0.3, 0.4) is 0 Å². The van der Waals surface area contributed by atoms with Gasteiger partial charge < -0.3 is 10.1 Å². The zero-order valence-corrected chi connectivity index (χ0v) is 17.6. The summed E-state index contributed by atoms with van der Waals surface area (Å²) >= 11 is 12.2. The van der Waals surface area contributed by atoms with E-state index in [1.54, 1.807) is 30.5 Å². The molecule has 0 spiro atoms. The van der Waals surface area contributed by atoms with Crippen LogP contribution < -0.4 is 10.1 Å². The summed E-state index contributed by atoms with van der Waals surface area (Å²) in [6, 6.07) is 18.3. The fourth-order valence-corrected chi connectivity index (χ4v) is 2.89. The fourth-order valence-electron chi connectivity index (χ4n) is 2.54. The molecule has 1 amide bonds. The predicted octanol–water partition coefficient (Wildman–Crippen LogP) is 6.38. The molecule has 148 valence electrons. The lowest BCUT2D eigenvalue weighted by Crippen LogP contribution is -2.20. The number of para-hydroxylation sites is 1. The molecule has 0 saturated carbocycles. The first-order valence-electron chi connectivity index (χ1n) is 9.00. The van der Waals surface area contributed by atoms with Gasteiger partial charge in [-0.15, -0.1) is 0 Å². The molecule has 0 fully saturated rings. The van der Waals surface area contributed by atoms with E-state index in [4.69, 9.17) is 27.9 Å². The molecule has 0 aliphatic carbocycles. The monoisotopic (exact) mass is 426 g/mol. The van der Waals surface area contributed by atoms with Gasteiger partial charge in [-0.3, -0.25) is 9.79 Å². The highest BCUT2D eigenvalue weighted by atomic mass is 35.5. The molecule has 4 nitrogen and oxygen atoms in total. The Balaban J connectivity index is 1.65. The number of aryl methyl sites for hydroxylation is 2. The largest absolute Gasteiger partial charge is 0.483 e. The predicted molar refractivity (Wildman–Crippen MR) is 120 cm³/mol. The van der Waals surface area contributed by atoms with Gasteiger partial charge >= 0.3 is 0 Å². The zero-order valence-electron chi connectivity index (χ0n) is 16.1. The van der Waals surface area contributed by atoms with Crippen molar-refractivity contribution >= 4 is 46.7 Å². The third-order valence-corrected chi connectivity index (χ3v) is 5.06.